The van der Waals surface area contributed by atoms with E-state index < -0.39 is 0 Å². The number of hydrogen-bond donors (Lipinski definition) is 1. The first-order valence-electron chi connectivity index (χ1n) is 3.90. The van der Waals surface area contributed by atoms with E-state index in [1.165, 1.54) is 6.07 Å². The van der Waals surface area contributed by atoms with Crippen molar-refractivity contribution in [1.82, 2.24) is 0 Å². The van der Waals surface area contributed by atoms with Crippen LogP contribution in [0, 0.1) is 0 Å². The smallest absolute Gasteiger partial charge is 0.134 e. The highest BCUT2D eigenvalue weighted by Gasteiger charge is 2.00. The van der Waals surface area contributed by atoms with E-state index in [0.717, 1.165) is 0 Å². The van der Waals surface area contributed by atoms with Crippen molar-refractivity contribution in [3.8, 4) is 5.75 Å². The number of halogens is 1. The van der Waals surface area contributed by atoms with Crippen LogP contribution in [0.25, 0.3) is 16.5 Å². The third kappa shape index (κ3) is 2.69. The summed E-state index contributed by atoms with van der Waals surface area (Å²) < 4.78 is 0. The molecule has 4 nitrogen and oxygen atoms in total. The van der Waals surface area contributed by atoms with Crippen molar-refractivity contribution in [1.29, 1.82) is 0 Å². The van der Waals surface area contributed by atoms with E-state index in [1.807, 2.05) is 0 Å². The predicted molar refractivity (Wildman–Crippen MR) is 56.2 cm³/mol. The van der Waals surface area contributed by atoms with Gasteiger partial charge in [-0.3, -0.25) is 0 Å². The molecule has 72 valence electrons. The lowest BCUT2D eigenvalue weighted by atomic mass is 10.2. The first-order chi connectivity index (χ1) is 6.75. The summed E-state index contributed by atoms with van der Waals surface area (Å²) in [4.78, 5) is 2.60. The molecule has 0 saturated heterocycles. The first-order valence-corrected chi connectivity index (χ1v) is 4.28. The number of rotatable bonds is 3. The van der Waals surface area contributed by atoms with Crippen molar-refractivity contribution in [2.45, 2.75) is 0 Å². The lowest BCUT2D eigenvalue weighted by Crippen LogP contribution is -1.76. The molecule has 0 radical (unpaired) electrons. The van der Waals surface area contributed by atoms with Gasteiger partial charge in [0.05, 0.1) is 5.02 Å². The highest BCUT2D eigenvalue weighted by atomic mass is 35.5. The van der Waals surface area contributed by atoms with E-state index in [0.29, 0.717) is 10.6 Å². The van der Waals surface area contributed by atoms with Gasteiger partial charge in [-0.25, -0.2) is 0 Å². The lowest BCUT2D eigenvalue weighted by Gasteiger charge is -1.99. The molecule has 1 aromatic rings. The summed E-state index contributed by atoms with van der Waals surface area (Å²) in [6.07, 6.45) is 3.36. The predicted octanol–water partition coefficient (Wildman–Crippen LogP) is 3.37. The zero-order valence-corrected chi connectivity index (χ0v) is 8.02. The summed E-state index contributed by atoms with van der Waals surface area (Å²) in [5.74, 6) is 0.0394. The van der Waals surface area contributed by atoms with Crippen LogP contribution < -0.4 is 0 Å². The second-order valence-electron chi connectivity index (χ2n) is 2.50. The van der Waals surface area contributed by atoms with Gasteiger partial charge in [-0.1, -0.05) is 41.0 Å². The average Bonchev–Trinajstić information content (AvgIpc) is 2.19. The van der Waals surface area contributed by atoms with Crippen molar-refractivity contribution in [2.75, 3.05) is 6.54 Å². The fourth-order valence-electron chi connectivity index (χ4n) is 0.929. The zero-order chi connectivity index (χ0) is 10.4. The van der Waals surface area contributed by atoms with Gasteiger partial charge in [-0.2, -0.15) is 0 Å². The quantitative estimate of drug-likeness (QED) is 0.463. The molecule has 0 fully saturated rings. The van der Waals surface area contributed by atoms with Gasteiger partial charge in [0.1, 0.15) is 5.75 Å². The molecule has 0 saturated carbocycles. The molecule has 1 N–H and O–H groups in total. The molecule has 0 aromatic heterocycles. The maximum atomic E-state index is 9.26. The van der Waals surface area contributed by atoms with Crippen molar-refractivity contribution in [3.63, 3.8) is 0 Å². The standard InChI is InChI=1S/C9H8ClN3O/c10-9-7(3-1-5-8(9)14)4-2-6-12-13-11/h1-5,14H,6H2. The van der Waals surface area contributed by atoms with Gasteiger partial charge < -0.3 is 5.11 Å². The summed E-state index contributed by atoms with van der Waals surface area (Å²) in [7, 11) is 0. The molecular weight excluding hydrogens is 202 g/mol. The Morgan fingerprint density at radius 2 is 2.36 bits per heavy atom. The highest BCUT2D eigenvalue weighted by molar-refractivity contribution is 6.33. The van der Waals surface area contributed by atoms with Crippen LogP contribution in [0.3, 0.4) is 0 Å². The lowest BCUT2D eigenvalue weighted by molar-refractivity contribution is 0.475. The molecule has 0 aliphatic rings. The van der Waals surface area contributed by atoms with Crippen molar-refractivity contribution < 1.29 is 5.11 Å². The molecule has 0 aliphatic heterocycles. The topological polar surface area (TPSA) is 69.0 Å². The first kappa shape index (κ1) is 10.4. The van der Waals surface area contributed by atoms with E-state index in [-0.39, 0.29) is 12.3 Å². The Hall–Kier alpha value is -1.64. The minimum atomic E-state index is 0.0394. The average molecular weight is 210 g/mol. The summed E-state index contributed by atoms with van der Waals surface area (Å²) in [5.41, 5.74) is 8.71. The minimum absolute atomic E-state index is 0.0394. The Morgan fingerprint density at radius 1 is 1.57 bits per heavy atom. The van der Waals surface area contributed by atoms with Crippen LogP contribution >= 0.6 is 11.6 Å². The Labute approximate surface area is 86.1 Å². The van der Waals surface area contributed by atoms with Gasteiger partial charge in [0, 0.05) is 11.5 Å². The second kappa shape index (κ2) is 5.17. The fourth-order valence-corrected chi connectivity index (χ4v) is 1.12. The Morgan fingerprint density at radius 3 is 3.07 bits per heavy atom. The monoisotopic (exact) mass is 209 g/mol. The van der Waals surface area contributed by atoms with Crippen LogP contribution in [-0.2, 0) is 0 Å². The summed E-state index contributed by atoms with van der Waals surface area (Å²) >= 11 is 5.80. The second-order valence-corrected chi connectivity index (χ2v) is 2.87. The molecule has 0 amide bonds. The Bertz CT molecular complexity index is 397. The van der Waals surface area contributed by atoms with E-state index in [9.17, 15) is 5.11 Å². The van der Waals surface area contributed by atoms with Crippen LogP contribution in [0.4, 0.5) is 0 Å². The number of hydrogen-bond acceptors (Lipinski definition) is 2. The molecule has 0 unspecified atom stereocenters. The third-order valence-electron chi connectivity index (χ3n) is 1.56. The van der Waals surface area contributed by atoms with Gasteiger partial charge >= 0.3 is 0 Å². The minimum Gasteiger partial charge on any atom is -0.506 e. The number of aromatic hydroxyl groups is 1. The molecule has 0 bridgehead atoms. The number of phenols is 1. The molecule has 14 heavy (non-hydrogen) atoms. The Kier molecular flexibility index (Phi) is 3.85. The third-order valence-corrected chi connectivity index (χ3v) is 1.97. The van der Waals surface area contributed by atoms with Gasteiger partial charge in [0.15, 0.2) is 0 Å². The number of azide groups is 1. The summed E-state index contributed by atoms with van der Waals surface area (Å²) in [6, 6.07) is 4.95. The van der Waals surface area contributed by atoms with Crippen LogP contribution in [0.2, 0.25) is 5.02 Å². The van der Waals surface area contributed by atoms with Crippen molar-refractivity contribution in [2.24, 2.45) is 5.11 Å². The van der Waals surface area contributed by atoms with E-state index in [4.69, 9.17) is 17.1 Å². The van der Waals surface area contributed by atoms with E-state index in [2.05, 4.69) is 10.0 Å². The summed E-state index contributed by atoms with van der Waals surface area (Å²) in [6.45, 7) is 0.266. The fraction of sp³-hybridized carbons (Fsp3) is 0.111. The Balaban J connectivity index is 2.81. The normalized spacial score (nSPS) is 10.1. The van der Waals surface area contributed by atoms with Crippen LogP contribution in [0.15, 0.2) is 29.4 Å². The van der Waals surface area contributed by atoms with Crippen molar-refractivity contribution in [3.05, 3.63) is 45.3 Å². The van der Waals surface area contributed by atoms with Gasteiger partial charge in [0.25, 0.3) is 0 Å². The molecule has 5 heteroatoms. The molecule has 0 spiro atoms. The number of benzene rings is 1. The number of nitrogens with zero attached hydrogens (tertiary/aromatic N) is 3. The molecular formula is C9H8ClN3O. The van der Waals surface area contributed by atoms with Crippen LogP contribution in [-0.4, -0.2) is 11.7 Å². The summed E-state index contributed by atoms with van der Waals surface area (Å²) in [5, 5.41) is 12.9. The van der Waals surface area contributed by atoms with Crippen LogP contribution in [0.1, 0.15) is 5.56 Å². The largest absolute Gasteiger partial charge is 0.506 e. The molecule has 0 atom stereocenters. The molecule has 0 aliphatic carbocycles. The van der Waals surface area contributed by atoms with Gasteiger partial charge in [-0.15, -0.1) is 0 Å². The molecule has 1 aromatic carbocycles. The van der Waals surface area contributed by atoms with Crippen molar-refractivity contribution >= 4 is 17.7 Å². The van der Waals surface area contributed by atoms with E-state index in [1.54, 1.807) is 24.3 Å². The SMILES string of the molecule is [N-]=[N+]=NCC=Cc1cccc(O)c1Cl. The zero-order valence-electron chi connectivity index (χ0n) is 7.26. The van der Waals surface area contributed by atoms with E-state index >= 15 is 0 Å². The molecule has 1 rings (SSSR count). The highest BCUT2D eigenvalue weighted by Crippen LogP contribution is 2.27. The molecule has 0 heterocycles. The van der Waals surface area contributed by atoms with Crippen LogP contribution in [0.5, 0.6) is 5.75 Å². The number of phenolic OH excluding ortho intramolecular Hbond substituents is 1. The van der Waals surface area contributed by atoms with Gasteiger partial charge in [0.2, 0.25) is 0 Å². The van der Waals surface area contributed by atoms with Gasteiger partial charge in [-0.05, 0) is 17.2 Å². The maximum Gasteiger partial charge on any atom is 0.134 e. The maximum absolute atomic E-state index is 9.26.